The number of carbonyl (C=O) groups is 2. The summed E-state index contributed by atoms with van der Waals surface area (Å²) in [5.74, 6) is 0.131. The second-order valence-electron chi connectivity index (χ2n) is 9.43. The number of pyridine rings is 1. The molecule has 0 spiro atoms. The fourth-order valence-electron chi connectivity index (χ4n) is 3.00. The minimum atomic E-state index is -0.616. The molecule has 1 amide bonds. The predicted molar refractivity (Wildman–Crippen MR) is 113 cm³/mol. The summed E-state index contributed by atoms with van der Waals surface area (Å²) < 4.78 is 10.9. The number of rotatable bonds is 4. The number of ether oxygens (including phenoxy) is 2. The molecule has 8 heteroatoms. The summed E-state index contributed by atoms with van der Waals surface area (Å²) in [5.41, 5.74) is 5.44. The minimum absolute atomic E-state index is 0.186. The Morgan fingerprint density at radius 1 is 1.10 bits per heavy atom. The van der Waals surface area contributed by atoms with Gasteiger partial charge in [0, 0.05) is 19.6 Å². The number of carbonyl (C=O) groups excluding carboxylic acids is 2. The van der Waals surface area contributed by atoms with Crippen molar-refractivity contribution in [1.29, 1.82) is 0 Å². The van der Waals surface area contributed by atoms with Crippen molar-refractivity contribution in [1.82, 2.24) is 9.88 Å². The van der Waals surface area contributed by atoms with Gasteiger partial charge in [0.2, 0.25) is 0 Å². The zero-order valence-electron chi connectivity index (χ0n) is 18.4. The quantitative estimate of drug-likeness (QED) is 0.735. The lowest BCUT2D eigenvalue weighted by molar-refractivity contribution is 0.00627. The molecule has 1 aliphatic rings. The van der Waals surface area contributed by atoms with E-state index in [9.17, 15) is 9.59 Å². The van der Waals surface area contributed by atoms with Crippen molar-refractivity contribution in [2.45, 2.75) is 65.6 Å². The highest BCUT2D eigenvalue weighted by molar-refractivity contribution is 5.94. The summed E-state index contributed by atoms with van der Waals surface area (Å²) in [6.07, 6.45) is 1.45. The Kier molecular flexibility index (Phi) is 6.97. The molecule has 29 heavy (non-hydrogen) atoms. The van der Waals surface area contributed by atoms with Gasteiger partial charge in [-0.2, -0.15) is 0 Å². The van der Waals surface area contributed by atoms with Crippen LogP contribution in [0.1, 0.15) is 64.9 Å². The van der Waals surface area contributed by atoms with Crippen LogP contribution in [0.25, 0.3) is 0 Å². The van der Waals surface area contributed by atoms with Gasteiger partial charge in [0.15, 0.2) is 5.69 Å². The maximum absolute atomic E-state index is 12.5. The number of piperidine rings is 1. The van der Waals surface area contributed by atoms with E-state index < -0.39 is 17.2 Å². The number of likely N-dealkylation sites (tertiary alicyclic amines) is 1. The third kappa shape index (κ3) is 7.44. The summed E-state index contributed by atoms with van der Waals surface area (Å²) in [5, 5.41) is 3.31. The number of esters is 1. The SMILES string of the molecule is CC(C)(C)OC(=O)c1nc(N)ccc1NCC1CCN(C(=O)OC(C)(C)C)CC1. The van der Waals surface area contributed by atoms with E-state index in [2.05, 4.69) is 10.3 Å². The Bertz CT molecular complexity index is 729. The zero-order chi connectivity index (χ0) is 21.8. The fraction of sp³-hybridized carbons (Fsp3) is 0.667. The van der Waals surface area contributed by atoms with Crippen molar-refractivity contribution < 1.29 is 19.1 Å². The summed E-state index contributed by atoms with van der Waals surface area (Å²) in [4.78, 5) is 30.6. The Morgan fingerprint density at radius 3 is 2.24 bits per heavy atom. The molecular formula is C21H34N4O4. The Morgan fingerprint density at radius 2 is 1.69 bits per heavy atom. The molecular weight excluding hydrogens is 372 g/mol. The predicted octanol–water partition coefficient (Wildman–Crippen LogP) is 3.68. The average Bonchev–Trinajstić information content (AvgIpc) is 2.58. The molecule has 0 bridgehead atoms. The third-order valence-corrected chi connectivity index (χ3v) is 4.36. The average molecular weight is 407 g/mol. The molecule has 1 saturated heterocycles. The molecule has 1 aliphatic heterocycles. The Labute approximate surface area is 173 Å². The highest BCUT2D eigenvalue weighted by Gasteiger charge is 2.27. The van der Waals surface area contributed by atoms with Crippen LogP contribution in [0.5, 0.6) is 0 Å². The molecule has 1 fully saturated rings. The van der Waals surface area contributed by atoms with E-state index in [1.54, 1.807) is 17.0 Å². The molecule has 3 N–H and O–H groups in total. The van der Waals surface area contributed by atoms with Crippen LogP contribution in [0.2, 0.25) is 0 Å². The second-order valence-corrected chi connectivity index (χ2v) is 9.43. The number of hydrogen-bond donors (Lipinski definition) is 2. The van der Waals surface area contributed by atoms with Gasteiger partial charge < -0.3 is 25.4 Å². The van der Waals surface area contributed by atoms with Crippen LogP contribution in [0.3, 0.4) is 0 Å². The molecule has 0 aliphatic carbocycles. The monoisotopic (exact) mass is 406 g/mol. The largest absolute Gasteiger partial charge is 0.455 e. The van der Waals surface area contributed by atoms with Crippen LogP contribution in [-0.2, 0) is 9.47 Å². The van der Waals surface area contributed by atoms with Crippen molar-refractivity contribution >= 4 is 23.6 Å². The molecule has 162 valence electrons. The molecule has 0 saturated carbocycles. The normalized spacial score (nSPS) is 15.7. The fourth-order valence-corrected chi connectivity index (χ4v) is 3.00. The molecule has 8 nitrogen and oxygen atoms in total. The first-order valence-electron chi connectivity index (χ1n) is 10.1. The van der Waals surface area contributed by atoms with E-state index in [4.69, 9.17) is 15.2 Å². The highest BCUT2D eigenvalue weighted by atomic mass is 16.6. The number of nitrogens with one attached hydrogen (secondary N) is 1. The number of nitrogens with zero attached hydrogens (tertiary/aromatic N) is 2. The number of aromatic nitrogens is 1. The lowest BCUT2D eigenvalue weighted by atomic mass is 9.97. The summed E-state index contributed by atoms with van der Waals surface area (Å²) in [6, 6.07) is 3.40. The zero-order valence-corrected chi connectivity index (χ0v) is 18.4. The lowest BCUT2D eigenvalue weighted by Gasteiger charge is -2.33. The van der Waals surface area contributed by atoms with Gasteiger partial charge >= 0.3 is 12.1 Å². The van der Waals surface area contributed by atoms with Crippen molar-refractivity contribution in [3.05, 3.63) is 17.8 Å². The van der Waals surface area contributed by atoms with Crippen LogP contribution in [0.4, 0.5) is 16.3 Å². The van der Waals surface area contributed by atoms with E-state index in [-0.39, 0.29) is 17.6 Å². The maximum atomic E-state index is 12.5. The van der Waals surface area contributed by atoms with Crippen LogP contribution in [0, 0.1) is 5.92 Å². The van der Waals surface area contributed by atoms with Crippen molar-refractivity contribution in [2.75, 3.05) is 30.7 Å². The smallest absolute Gasteiger partial charge is 0.410 e. The van der Waals surface area contributed by atoms with Gasteiger partial charge in [-0.25, -0.2) is 14.6 Å². The second kappa shape index (κ2) is 8.88. The van der Waals surface area contributed by atoms with Gasteiger partial charge in [0.05, 0.1) is 5.69 Å². The van der Waals surface area contributed by atoms with Crippen LogP contribution in [0.15, 0.2) is 12.1 Å². The van der Waals surface area contributed by atoms with Crippen molar-refractivity contribution in [2.24, 2.45) is 5.92 Å². The first-order chi connectivity index (χ1) is 13.3. The molecule has 1 aromatic heterocycles. The topological polar surface area (TPSA) is 107 Å². The van der Waals surface area contributed by atoms with Gasteiger partial charge in [-0.3, -0.25) is 0 Å². The van der Waals surface area contributed by atoms with E-state index in [1.165, 1.54) is 0 Å². The van der Waals surface area contributed by atoms with Gasteiger partial charge in [-0.15, -0.1) is 0 Å². The van der Waals surface area contributed by atoms with E-state index in [0.29, 0.717) is 31.2 Å². The van der Waals surface area contributed by atoms with E-state index in [1.807, 2.05) is 41.5 Å². The summed E-state index contributed by atoms with van der Waals surface area (Å²) in [6.45, 7) is 13.0. The van der Waals surface area contributed by atoms with Gasteiger partial charge in [-0.1, -0.05) is 0 Å². The number of nitrogens with two attached hydrogens (primary N) is 1. The first-order valence-corrected chi connectivity index (χ1v) is 10.1. The molecule has 1 aromatic rings. The third-order valence-electron chi connectivity index (χ3n) is 4.36. The molecule has 0 aromatic carbocycles. The lowest BCUT2D eigenvalue weighted by Crippen LogP contribution is -2.42. The van der Waals surface area contributed by atoms with Crippen molar-refractivity contribution in [3.63, 3.8) is 0 Å². The number of amides is 1. The van der Waals surface area contributed by atoms with Crippen LogP contribution >= 0.6 is 0 Å². The van der Waals surface area contributed by atoms with Crippen LogP contribution in [-0.4, -0.2) is 52.8 Å². The number of nitrogen functional groups attached to an aromatic ring is 1. The number of hydrogen-bond acceptors (Lipinski definition) is 7. The standard InChI is InChI=1S/C21H34N4O4/c1-20(2,3)28-18(26)17-15(7-8-16(22)24-17)23-13-14-9-11-25(12-10-14)19(27)29-21(4,5)6/h7-8,14,23H,9-13H2,1-6H3,(H2,22,24). The van der Waals surface area contributed by atoms with Crippen molar-refractivity contribution in [3.8, 4) is 0 Å². The van der Waals surface area contributed by atoms with E-state index in [0.717, 1.165) is 12.8 Å². The highest BCUT2D eigenvalue weighted by Crippen LogP contribution is 2.23. The summed E-state index contributed by atoms with van der Waals surface area (Å²) >= 11 is 0. The Balaban J connectivity index is 1.93. The Hall–Kier alpha value is -2.51. The van der Waals surface area contributed by atoms with Crippen LogP contribution < -0.4 is 11.1 Å². The van der Waals surface area contributed by atoms with Gasteiger partial charge in [0.25, 0.3) is 0 Å². The van der Waals surface area contributed by atoms with E-state index >= 15 is 0 Å². The molecule has 0 atom stereocenters. The molecule has 0 unspecified atom stereocenters. The number of anilines is 2. The molecule has 2 heterocycles. The molecule has 0 radical (unpaired) electrons. The summed E-state index contributed by atoms with van der Waals surface area (Å²) in [7, 11) is 0. The minimum Gasteiger partial charge on any atom is -0.455 e. The first kappa shape index (κ1) is 22.8. The van der Waals surface area contributed by atoms with Gasteiger partial charge in [0.1, 0.15) is 17.0 Å². The maximum Gasteiger partial charge on any atom is 0.410 e. The molecule has 2 rings (SSSR count). The van der Waals surface area contributed by atoms with Gasteiger partial charge in [-0.05, 0) is 72.4 Å².